The summed E-state index contributed by atoms with van der Waals surface area (Å²) < 4.78 is 5.61. The largest absolute Gasteiger partial charge is 0.477 e. The van der Waals surface area contributed by atoms with Crippen LogP contribution in [-0.2, 0) is 24.3 Å². The molecule has 2 aliphatic heterocycles. The van der Waals surface area contributed by atoms with Crippen LogP contribution < -0.4 is 9.80 Å². The Morgan fingerprint density at radius 3 is 2.52 bits per heavy atom. The summed E-state index contributed by atoms with van der Waals surface area (Å²) in [6, 6.07) is 23.9. The minimum absolute atomic E-state index is 0.0382. The number of rotatable bonds is 6. The van der Waals surface area contributed by atoms with E-state index in [1.165, 1.54) is 16.3 Å². The number of pyridine rings is 1. The number of fused-ring (bicyclic) bond motifs is 2. The molecule has 44 heavy (non-hydrogen) atoms. The zero-order valence-corrected chi connectivity index (χ0v) is 25.0. The van der Waals surface area contributed by atoms with Gasteiger partial charge in [-0.15, -0.1) is 0 Å². The Hall–Kier alpha value is -5.10. The highest BCUT2D eigenvalue weighted by Crippen LogP contribution is 2.38. The third-order valence-electron chi connectivity index (χ3n) is 8.76. The van der Waals surface area contributed by atoms with Crippen LogP contribution in [0.15, 0.2) is 66.7 Å². The maximum absolute atomic E-state index is 13.1. The fourth-order valence-electron chi connectivity index (χ4n) is 6.65. The molecule has 1 saturated heterocycles. The first kappa shape index (κ1) is 29.0. The number of hydrogen-bond acceptors (Lipinski definition) is 7. The van der Waals surface area contributed by atoms with Crippen molar-refractivity contribution in [3.63, 3.8) is 0 Å². The number of nitriles is 1. The first-order valence-corrected chi connectivity index (χ1v) is 14.9. The first-order valence-electron chi connectivity index (χ1n) is 14.9. The number of carbonyl (C=O) groups excluding carboxylic acids is 1. The monoisotopic (exact) mass is 589 g/mol. The topological polar surface area (TPSA) is 110 Å². The van der Waals surface area contributed by atoms with Crippen molar-refractivity contribution < 1.29 is 19.4 Å². The van der Waals surface area contributed by atoms with Crippen LogP contribution in [0.5, 0.6) is 0 Å². The van der Waals surface area contributed by atoms with Gasteiger partial charge in [0, 0.05) is 54.1 Å². The second-order valence-corrected chi connectivity index (χ2v) is 11.5. The molecular weight excluding hydrogens is 554 g/mol. The van der Waals surface area contributed by atoms with E-state index in [4.69, 9.17) is 9.72 Å². The molecule has 1 atom stereocenters. The lowest BCUT2D eigenvalue weighted by molar-refractivity contribution is 0.0689. The minimum Gasteiger partial charge on any atom is -0.477 e. The summed E-state index contributed by atoms with van der Waals surface area (Å²) in [6.07, 6.45) is 0.390. The molecule has 6 rings (SSSR count). The standard InChI is InChI=1S/C35H35N5O4/c1-23-8-6-11-26-12-7-13-30(31(23)26)38-17-15-28-29(21-38)37-32(34(41)42)24(2)33(28)39-18-19-40(27(20-39)14-16-36)35(43)44-22-25-9-4-3-5-10-25/h3-13,27H,14-15,17-22H2,1-2H3,(H,41,42)/t27-/m0/s1. The molecule has 1 aromatic heterocycles. The molecule has 0 saturated carbocycles. The molecule has 3 heterocycles. The van der Waals surface area contributed by atoms with Gasteiger partial charge in [-0.05, 0) is 42.8 Å². The van der Waals surface area contributed by atoms with Crippen molar-refractivity contribution in [1.82, 2.24) is 9.88 Å². The molecule has 0 bridgehead atoms. The number of benzene rings is 3. The summed E-state index contributed by atoms with van der Waals surface area (Å²) >= 11 is 0. The molecule has 9 nitrogen and oxygen atoms in total. The van der Waals surface area contributed by atoms with E-state index in [1.807, 2.05) is 37.3 Å². The van der Waals surface area contributed by atoms with Gasteiger partial charge in [0.2, 0.25) is 0 Å². The molecule has 0 aliphatic carbocycles. The van der Waals surface area contributed by atoms with E-state index in [9.17, 15) is 20.0 Å². The Morgan fingerprint density at radius 1 is 1.00 bits per heavy atom. The molecule has 0 unspecified atom stereocenters. The number of anilines is 2. The second-order valence-electron chi connectivity index (χ2n) is 11.5. The van der Waals surface area contributed by atoms with Crippen LogP contribution >= 0.6 is 0 Å². The number of aromatic carboxylic acids is 1. The van der Waals surface area contributed by atoms with Crippen LogP contribution in [-0.4, -0.2) is 59.3 Å². The Labute approximate surface area is 256 Å². The lowest BCUT2D eigenvalue weighted by atomic mass is 9.95. The highest BCUT2D eigenvalue weighted by Gasteiger charge is 2.35. The maximum atomic E-state index is 13.1. The molecule has 0 spiro atoms. The zero-order valence-electron chi connectivity index (χ0n) is 25.0. The van der Waals surface area contributed by atoms with Crippen molar-refractivity contribution in [2.75, 3.05) is 36.0 Å². The van der Waals surface area contributed by atoms with E-state index in [-0.39, 0.29) is 18.7 Å². The van der Waals surface area contributed by atoms with Crippen molar-refractivity contribution >= 4 is 34.2 Å². The van der Waals surface area contributed by atoms with Gasteiger partial charge in [0.25, 0.3) is 0 Å². The van der Waals surface area contributed by atoms with Crippen molar-refractivity contribution in [2.24, 2.45) is 0 Å². The zero-order chi connectivity index (χ0) is 30.8. The van der Waals surface area contributed by atoms with E-state index >= 15 is 0 Å². The van der Waals surface area contributed by atoms with Crippen LogP contribution in [0.25, 0.3) is 10.8 Å². The number of ether oxygens (including phenoxy) is 1. The number of hydrogen-bond donors (Lipinski definition) is 1. The SMILES string of the molecule is Cc1c(C(=O)O)nc2c(c1N1CCN(C(=O)OCc3ccccc3)[C@@H](CC#N)C1)CCN(c1cccc3cccc(C)c13)C2. The van der Waals surface area contributed by atoms with Gasteiger partial charge in [0.1, 0.15) is 6.61 Å². The molecule has 4 aromatic rings. The quantitative estimate of drug-likeness (QED) is 0.298. The smallest absolute Gasteiger partial charge is 0.410 e. The minimum atomic E-state index is -1.07. The molecule has 3 aromatic carbocycles. The average Bonchev–Trinajstić information content (AvgIpc) is 3.03. The van der Waals surface area contributed by atoms with Crippen molar-refractivity contribution in [3.8, 4) is 6.07 Å². The molecule has 1 fully saturated rings. The number of nitrogens with zero attached hydrogens (tertiary/aromatic N) is 5. The van der Waals surface area contributed by atoms with Gasteiger partial charge in [0.15, 0.2) is 5.69 Å². The molecule has 1 amide bonds. The van der Waals surface area contributed by atoms with Crippen LogP contribution in [0.4, 0.5) is 16.2 Å². The summed E-state index contributed by atoms with van der Waals surface area (Å²) in [6.45, 7) is 6.58. The Balaban J connectivity index is 1.29. The van der Waals surface area contributed by atoms with E-state index < -0.39 is 18.1 Å². The van der Waals surface area contributed by atoms with E-state index in [0.717, 1.165) is 34.7 Å². The van der Waals surface area contributed by atoms with Gasteiger partial charge in [-0.25, -0.2) is 14.6 Å². The van der Waals surface area contributed by atoms with E-state index in [1.54, 1.807) is 4.90 Å². The number of aryl methyl sites for hydroxylation is 1. The molecule has 0 radical (unpaired) electrons. The summed E-state index contributed by atoms with van der Waals surface area (Å²) in [5.41, 5.74) is 6.50. The Kier molecular flexibility index (Phi) is 8.07. The van der Waals surface area contributed by atoms with Crippen molar-refractivity contribution in [2.45, 2.75) is 45.9 Å². The lowest BCUT2D eigenvalue weighted by Crippen LogP contribution is -2.55. The normalized spacial score (nSPS) is 16.4. The number of amides is 1. The maximum Gasteiger partial charge on any atom is 0.410 e. The van der Waals surface area contributed by atoms with Gasteiger partial charge in [-0.3, -0.25) is 0 Å². The molecular formula is C35H35N5O4. The second kappa shape index (κ2) is 12.3. The third kappa shape index (κ3) is 5.51. The first-order chi connectivity index (χ1) is 21.4. The molecule has 224 valence electrons. The summed E-state index contributed by atoms with van der Waals surface area (Å²) in [5, 5.41) is 22.1. The van der Waals surface area contributed by atoms with Crippen LogP contribution in [0, 0.1) is 25.2 Å². The van der Waals surface area contributed by atoms with Gasteiger partial charge in [-0.2, -0.15) is 5.26 Å². The third-order valence-corrected chi connectivity index (χ3v) is 8.76. The van der Waals surface area contributed by atoms with Gasteiger partial charge in [-0.1, -0.05) is 60.7 Å². The van der Waals surface area contributed by atoms with Crippen molar-refractivity contribution in [1.29, 1.82) is 5.26 Å². The average molecular weight is 590 g/mol. The van der Waals surface area contributed by atoms with Crippen LogP contribution in [0.3, 0.4) is 0 Å². The number of carboxylic acids is 1. The lowest BCUT2D eigenvalue weighted by Gasteiger charge is -2.43. The molecule has 9 heteroatoms. The van der Waals surface area contributed by atoms with Gasteiger partial charge < -0.3 is 24.5 Å². The van der Waals surface area contributed by atoms with E-state index in [0.29, 0.717) is 38.2 Å². The molecule has 1 N–H and O–H groups in total. The number of carbonyl (C=O) groups is 2. The van der Waals surface area contributed by atoms with Crippen LogP contribution in [0.1, 0.15) is 44.9 Å². The highest BCUT2D eigenvalue weighted by molar-refractivity contribution is 5.97. The summed E-state index contributed by atoms with van der Waals surface area (Å²) in [5.74, 6) is -1.07. The number of carboxylic acid groups (broad SMARTS) is 1. The highest BCUT2D eigenvalue weighted by atomic mass is 16.6. The van der Waals surface area contributed by atoms with Crippen molar-refractivity contribution in [3.05, 3.63) is 100 Å². The summed E-state index contributed by atoms with van der Waals surface area (Å²) in [7, 11) is 0. The Morgan fingerprint density at radius 2 is 1.77 bits per heavy atom. The Bertz CT molecular complexity index is 1760. The van der Waals surface area contributed by atoms with Gasteiger partial charge in [0.05, 0.1) is 30.8 Å². The number of piperazine rings is 1. The number of aromatic nitrogens is 1. The fraction of sp³-hybridized carbons (Fsp3) is 0.314. The van der Waals surface area contributed by atoms with Crippen LogP contribution in [0.2, 0.25) is 0 Å². The fourth-order valence-corrected chi connectivity index (χ4v) is 6.65. The predicted octanol–water partition coefficient (Wildman–Crippen LogP) is 5.85. The van der Waals surface area contributed by atoms with E-state index in [2.05, 4.69) is 59.2 Å². The van der Waals surface area contributed by atoms with Gasteiger partial charge >= 0.3 is 12.1 Å². The summed E-state index contributed by atoms with van der Waals surface area (Å²) in [4.78, 5) is 36.3. The molecule has 2 aliphatic rings. The predicted molar refractivity (Wildman–Crippen MR) is 169 cm³/mol.